The maximum atomic E-state index is 12.9. The van der Waals surface area contributed by atoms with Crippen LogP contribution in [0.1, 0.15) is 48.9 Å². The molecule has 0 radical (unpaired) electrons. The summed E-state index contributed by atoms with van der Waals surface area (Å²) in [6.45, 7) is 0.502. The van der Waals surface area contributed by atoms with Gasteiger partial charge in [0.1, 0.15) is 6.61 Å². The lowest BCUT2D eigenvalue weighted by Gasteiger charge is -2.14. The molecule has 2 N–H and O–H groups in total. The van der Waals surface area contributed by atoms with E-state index in [1.165, 1.54) is 29.0 Å². The fourth-order valence-electron chi connectivity index (χ4n) is 5.15. The van der Waals surface area contributed by atoms with Crippen LogP contribution < -0.4 is 5.32 Å². The molecule has 39 heavy (non-hydrogen) atoms. The molecule has 6 rings (SSSR count). The Labute approximate surface area is 229 Å². The fourth-order valence-corrected chi connectivity index (χ4v) is 6.30. The molecular formula is C32H23NO5S. The van der Waals surface area contributed by atoms with Crippen molar-refractivity contribution in [1.82, 2.24) is 5.32 Å². The van der Waals surface area contributed by atoms with E-state index in [-0.39, 0.29) is 30.4 Å². The number of carboxylic acid groups (broad SMARTS) is 1. The SMILES string of the molecule is O=C(NCc1cccc(/C=C2\Sc3c(C(=O)O)cccc3C2=O)c1)OCC1c2ccccc2-c2ccccc21. The quantitative estimate of drug-likeness (QED) is 0.266. The van der Waals surface area contributed by atoms with Crippen LogP contribution in [0.25, 0.3) is 17.2 Å². The average molecular weight is 534 g/mol. The minimum absolute atomic E-state index is 0.00897. The summed E-state index contributed by atoms with van der Waals surface area (Å²) in [7, 11) is 0. The van der Waals surface area contributed by atoms with Crippen LogP contribution in [-0.2, 0) is 11.3 Å². The summed E-state index contributed by atoms with van der Waals surface area (Å²) in [5.74, 6) is -1.26. The smallest absolute Gasteiger partial charge is 0.407 e. The highest BCUT2D eigenvalue weighted by Gasteiger charge is 2.30. The number of ketones is 1. The lowest BCUT2D eigenvalue weighted by Crippen LogP contribution is -2.25. The van der Waals surface area contributed by atoms with Gasteiger partial charge >= 0.3 is 12.1 Å². The van der Waals surface area contributed by atoms with E-state index in [2.05, 4.69) is 29.6 Å². The van der Waals surface area contributed by atoms with Gasteiger partial charge in [0.25, 0.3) is 0 Å². The molecule has 0 atom stereocenters. The predicted molar refractivity (Wildman–Crippen MR) is 150 cm³/mol. The van der Waals surface area contributed by atoms with Crippen LogP contribution in [-0.4, -0.2) is 29.6 Å². The number of allylic oxidation sites excluding steroid dienone is 1. The van der Waals surface area contributed by atoms with Crippen molar-refractivity contribution in [2.45, 2.75) is 17.4 Å². The molecule has 0 saturated carbocycles. The number of ether oxygens (including phenoxy) is 1. The van der Waals surface area contributed by atoms with Crippen molar-refractivity contribution < 1.29 is 24.2 Å². The van der Waals surface area contributed by atoms with E-state index in [4.69, 9.17) is 4.74 Å². The number of alkyl carbamates (subject to hydrolysis) is 1. The maximum absolute atomic E-state index is 12.9. The van der Waals surface area contributed by atoms with Gasteiger partial charge in [0.2, 0.25) is 5.78 Å². The highest BCUT2D eigenvalue weighted by molar-refractivity contribution is 8.05. The van der Waals surface area contributed by atoms with E-state index in [0.29, 0.717) is 15.4 Å². The van der Waals surface area contributed by atoms with Gasteiger partial charge in [0.15, 0.2) is 0 Å². The van der Waals surface area contributed by atoms with Crippen molar-refractivity contribution in [3.63, 3.8) is 0 Å². The van der Waals surface area contributed by atoms with Crippen molar-refractivity contribution in [3.05, 3.63) is 129 Å². The molecule has 192 valence electrons. The van der Waals surface area contributed by atoms with Gasteiger partial charge in [-0.3, -0.25) is 4.79 Å². The Bertz CT molecular complexity index is 1630. The van der Waals surface area contributed by atoms with E-state index in [0.717, 1.165) is 22.3 Å². The maximum Gasteiger partial charge on any atom is 0.407 e. The second kappa shape index (κ2) is 10.3. The van der Waals surface area contributed by atoms with Crippen molar-refractivity contribution in [2.75, 3.05) is 6.61 Å². The number of carbonyl (C=O) groups is 3. The number of Topliss-reactive ketones (excluding diaryl/α,β-unsaturated/α-hetero) is 1. The molecule has 6 nitrogen and oxygen atoms in total. The second-order valence-electron chi connectivity index (χ2n) is 9.35. The molecule has 0 spiro atoms. The lowest BCUT2D eigenvalue weighted by molar-refractivity contribution is 0.0693. The summed E-state index contributed by atoms with van der Waals surface area (Å²) in [4.78, 5) is 37.9. The van der Waals surface area contributed by atoms with Crippen molar-refractivity contribution >= 4 is 35.7 Å². The van der Waals surface area contributed by atoms with Crippen molar-refractivity contribution in [3.8, 4) is 11.1 Å². The summed E-state index contributed by atoms with van der Waals surface area (Å²) >= 11 is 1.17. The summed E-state index contributed by atoms with van der Waals surface area (Å²) in [6, 6.07) is 28.6. The Morgan fingerprint density at radius 3 is 2.26 bits per heavy atom. The summed E-state index contributed by atoms with van der Waals surface area (Å²) < 4.78 is 5.62. The predicted octanol–water partition coefficient (Wildman–Crippen LogP) is 6.75. The first kappa shape index (κ1) is 24.7. The third-order valence-corrected chi connectivity index (χ3v) is 8.12. The van der Waals surface area contributed by atoms with Gasteiger partial charge in [-0.05, 0) is 57.7 Å². The summed E-state index contributed by atoms with van der Waals surface area (Å²) in [5.41, 5.74) is 6.81. The normalized spacial score (nSPS) is 14.6. The van der Waals surface area contributed by atoms with Gasteiger partial charge in [0.05, 0.1) is 10.5 Å². The minimum Gasteiger partial charge on any atom is -0.478 e. The van der Waals surface area contributed by atoms with Gasteiger partial charge in [-0.25, -0.2) is 9.59 Å². The van der Waals surface area contributed by atoms with E-state index < -0.39 is 12.1 Å². The average Bonchev–Trinajstić information content (AvgIpc) is 3.45. The van der Waals surface area contributed by atoms with Gasteiger partial charge in [-0.15, -0.1) is 0 Å². The van der Waals surface area contributed by atoms with Gasteiger partial charge in [-0.2, -0.15) is 0 Å². The van der Waals surface area contributed by atoms with Crippen LogP contribution in [0.15, 0.2) is 101 Å². The molecule has 0 aromatic heterocycles. The topological polar surface area (TPSA) is 92.7 Å². The molecule has 0 fully saturated rings. The first-order valence-corrected chi connectivity index (χ1v) is 13.3. The van der Waals surface area contributed by atoms with E-state index in [9.17, 15) is 19.5 Å². The lowest BCUT2D eigenvalue weighted by atomic mass is 9.98. The van der Waals surface area contributed by atoms with E-state index in [1.54, 1.807) is 18.2 Å². The number of carbonyl (C=O) groups excluding carboxylic acids is 2. The number of thioether (sulfide) groups is 1. The molecule has 0 unspecified atom stereocenters. The molecule has 0 bridgehead atoms. The number of aromatic carboxylic acids is 1. The molecule has 1 amide bonds. The Morgan fingerprint density at radius 2 is 1.54 bits per heavy atom. The zero-order chi connectivity index (χ0) is 26.9. The van der Waals surface area contributed by atoms with Crippen molar-refractivity contribution in [1.29, 1.82) is 0 Å². The first-order valence-electron chi connectivity index (χ1n) is 12.5. The Hall–Kier alpha value is -4.62. The molecule has 2 aliphatic rings. The summed E-state index contributed by atoms with van der Waals surface area (Å²) in [5, 5.41) is 12.3. The standard InChI is InChI=1S/C32H23NO5S/c34-29-25-13-6-14-26(31(35)36)30(25)39-28(29)16-19-7-5-8-20(15-19)17-33-32(37)38-18-27-23-11-3-1-9-21(23)22-10-2-4-12-24(22)27/h1-16,27H,17-18H2,(H,33,37)(H,35,36)/b28-16-. The number of hydrogen-bond acceptors (Lipinski definition) is 5. The van der Waals surface area contributed by atoms with E-state index >= 15 is 0 Å². The zero-order valence-electron chi connectivity index (χ0n) is 20.7. The highest BCUT2D eigenvalue weighted by Crippen LogP contribution is 2.45. The van der Waals surface area contributed by atoms with Gasteiger partial charge < -0.3 is 15.2 Å². The Morgan fingerprint density at radius 1 is 0.872 bits per heavy atom. The largest absolute Gasteiger partial charge is 0.478 e. The molecule has 4 aromatic rings. The van der Waals surface area contributed by atoms with Crippen LogP contribution >= 0.6 is 11.8 Å². The number of fused-ring (bicyclic) bond motifs is 4. The van der Waals surface area contributed by atoms with Crippen LogP contribution in [0.4, 0.5) is 4.79 Å². The number of carboxylic acids is 1. The van der Waals surface area contributed by atoms with Crippen molar-refractivity contribution in [2.24, 2.45) is 0 Å². The molecule has 4 aromatic carbocycles. The van der Waals surface area contributed by atoms with Crippen LogP contribution in [0, 0.1) is 0 Å². The third-order valence-electron chi connectivity index (χ3n) is 6.96. The molecule has 0 saturated heterocycles. The Kier molecular flexibility index (Phi) is 6.50. The van der Waals surface area contributed by atoms with Crippen LogP contribution in [0.3, 0.4) is 0 Å². The third kappa shape index (κ3) is 4.73. The van der Waals surface area contributed by atoms with Crippen LogP contribution in [0.5, 0.6) is 0 Å². The fraction of sp³-hybridized carbons (Fsp3) is 0.0938. The molecule has 7 heteroatoms. The van der Waals surface area contributed by atoms with Crippen LogP contribution in [0.2, 0.25) is 0 Å². The molecular weight excluding hydrogens is 510 g/mol. The molecule has 1 aliphatic carbocycles. The monoisotopic (exact) mass is 533 g/mol. The number of nitrogens with one attached hydrogen (secondary N) is 1. The molecule has 1 heterocycles. The number of amides is 1. The van der Waals surface area contributed by atoms with Gasteiger partial charge in [0, 0.05) is 22.9 Å². The zero-order valence-corrected chi connectivity index (χ0v) is 21.5. The Balaban J connectivity index is 1.10. The number of benzene rings is 4. The number of hydrogen-bond donors (Lipinski definition) is 2. The number of rotatable bonds is 6. The first-order chi connectivity index (χ1) is 19.0. The second-order valence-corrected chi connectivity index (χ2v) is 10.4. The highest BCUT2D eigenvalue weighted by atomic mass is 32.2. The van der Waals surface area contributed by atoms with E-state index in [1.807, 2.05) is 48.5 Å². The summed E-state index contributed by atoms with van der Waals surface area (Å²) in [6.07, 6.45) is 1.24. The molecule has 1 aliphatic heterocycles. The minimum atomic E-state index is -1.06. The van der Waals surface area contributed by atoms with Gasteiger partial charge in [-0.1, -0.05) is 84.6 Å².